The van der Waals surface area contributed by atoms with Crippen molar-refractivity contribution in [3.05, 3.63) is 48.2 Å². The topological polar surface area (TPSA) is 115 Å². The molecule has 0 aliphatic rings. The number of halogens is 3. The Morgan fingerprint density at radius 2 is 1.88 bits per heavy atom. The highest BCUT2D eigenvalue weighted by Gasteiger charge is 2.28. The molecule has 168 valence electrons. The van der Waals surface area contributed by atoms with Crippen molar-refractivity contribution in [3.63, 3.8) is 0 Å². The van der Waals surface area contributed by atoms with Crippen molar-refractivity contribution in [3.8, 4) is 11.3 Å². The number of esters is 1. The highest BCUT2D eigenvalue weighted by molar-refractivity contribution is 6.04. The van der Waals surface area contributed by atoms with Gasteiger partial charge in [-0.1, -0.05) is 30.3 Å². The number of benzene rings is 1. The number of nitrogens with zero attached hydrogens (tertiary/aromatic N) is 3. The molecule has 0 saturated carbocycles. The van der Waals surface area contributed by atoms with Crippen LogP contribution in [0.25, 0.3) is 22.3 Å². The summed E-state index contributed by atoms with van der Waals surface area (Å²) in [4.78, 5) is 40.3. The number of carbonyl (C=O) groups is 3. The van der Waals surface area contributed by atoms with E-state index in [9.17, 15) is 27.6 Å². The van der Waals surface area contributed by atoms with Gasteiger partial charge in [-0.25, -0.2) is 19.3 Å². The molecule has 2 N–H and O–H groups in total. The molecule has 0 spiro atoms. The summed E-state index contributed by atoms with van der Waals surface area (Å²) in [6.07, 6.45) is -3.18. The molecule has 0 atom stereocenters. The Hall–Kier alpha value is -3.96. The van der Waals surface area contributed by atoms with Gasteiger partial charge >= 0.3 is 18.2 Å². The molecule has 3 aromatic rings. The van der Waals surface area contributed by atoms with E-state index in [0.29, 0.717) is 23.3 Å². The SMILES string of the molecule is CCn1ncc2c(C(=O)OCC(=O)NC(=O)NCC(F)(F)F)cc(-c3ccccc3)nc21. The van der Waals surface area contributed by atoms with E-state index in [1.807, 2.05) is 37.3 Å². The number of alkyl halides is 3. The maximum Gasteiger partial charge on any atom is 0.405 e. The summed E-state index contributed by atoms with van der Waals surface area (Å²) < 4.78 is 42.8. The Bertz CT molecular complexity index is 1150. The molecule has 0 saturated heterocycles. The number of urea groups is 1. The lowest BCUT2D eigenvalue weighted by Gasteiger charge is -2.10. The number of hydrogen-bond acceptors (Lipinski definition) is 6. The summed E-state index contributed by atoms with van der Waals surface area (Å²) in [6.45, 7) is -0.122. The van der Waals surface area contributed by atoms with E-state index in [4.69, 9.17) is 4.74 Å². The standard InChI is InChI=1S/C20H18F3N5O4/c1-2-28-17-14(9-25-28)13(8-15(26-17)12-6-4-3-5-7-12)18(30)32-10-16(29)27-19(31)24-11-20(21,22)23/h3-9H,2,10-11H2,1H3,(H2,24,27,29,31). The minimum Gasteiger partial charge on any atom is -0.452 e. The van der Waals surface area contributed by atoms with E-state index >= 15 is 0 Å². The zero-order chi connectivity index (χ0) is 23.3. The lowest BCUT2D eigenvalue weighted by Crippen LogP contribution is -2.44. The lowest BCUT2D eigenvalue weighted by atomic mass is 10.1. The van der Waals surface area contributed by atoms with Crippen LogP contribution in [0.4, 0.5) is 18.0 Å². The van der Waals surface area contributed by atoms with Crippen molar-refractivity contribution in [2.24, 2.45) is 0 Å². The molecule has 0 aliphatic heterocycles. The number of rotatable bonds is 6. The number of hydrogen-bond donors (Lipinski definition) is 2. The summed E-state index contributed by atoms with van der Waals surface area (Å²) in [5, 5.41) is 7.72. The maximum atomic E-state index is 12.7. The summed E-state index contributed by atoms with van der Waals surface area (Å²) in [5.41, 5.74) is 1.77. The molecule has 1 aromatic carbocycles. The summed E-state index contributed by atoms with van der Waals surface area (Å²) in [5.74, 6) is -1.97. The smallest absolute Gasteiger partial charge is 0.405 e. The van der Waals surface area contributed by atoms with Crippen LogP contribution >= 0.6 is 0 Å². The van der Waals surface area contributed by atoms with Crippen molar-refractivity contribution >= 4 is 28.9 Å². The van der Waals surface area contributed by atoms with Crippen LogP contribution in [0.3, 0.4) is 0 Å². The molecule has 2 heterocycles. The lowest BCUT2D eigenvalue weighted by molar-refractivity contribution is -0.125. The molecule has 0 fully saturated rings. The first-order valence-corrected chi connectivity index (χ1v) is 9.41. The number of pyridine rings is 1. The van der Waals surface area contributed by atoms with Crippen LogP contribution in [-0.4, -0.2) is 52.0 Å². The predicted octanol–water partition coefficient (Wildman–Crippen LogP) is 2.66. The minimum absolute atomic E-state index is 0.0999. The first kappa shape index (κ1) is 22.7. The van der Waals surface area contributed by atoms with Crippen LogP contribution in [0.2, 0.25) is 0 Å². The van der Waals surface area contributed by atoms with E-state index in [-0.39, 0.29) is 5.56 Å². The van der Waals surface area contributed by atoms with E-state index in [2.05, 4.69) is 10.1 Å². The minimum atomic E-state index is -4.63. The molecule has 0 aliphatic carbocycles. The molecule has 0 bridgehead atoms. The fraction of sp³-hybridized carbons (Fsp3) is 0.250. The van der Waals surface area contributed by atoms with Crippen LogP contribution in [0.15, 0.2) is 42.6 Å². The van der Waals surface area contributed by atoms with Gasteiger partial charge in [-0.2, -0.15) is 18.3 Å². The Balaban J connectivity index is 1.75. The Labute approximate surface area is 179 Å². The maximum absolute atomic E-state index is 12.7. The van der Waals surface area contributed by atoms with Gasteiger partial charge in [-0.3, -0.25) is 10.1 Å². The number of imide groups is 1. The van der Waals surface area contributed by atoms with E-state index < -0.39 is 37.2 Å². The summed E-state index contributed by atoms with van der Waals surface area (Å²) in [6, 6.07) is 9.21. The Morgan fingerprint density at radius 3 is 2.53 bits per heavy atom. The van der Waals surface area contributed by atoms with Crippen molar-refractivity contribution < 1.29 is 32.3 Å². The third kappa shape index (κ3) is 5.59. The normalized spacial score (nSPS) is 11.2. The van der Waals surface area contributed by atoms with E-state index in [1.54, 1.807) is 10.00 Å². The number of fused-ring (bicyclic) bond motifs is 1. The van der Waals surface area contributed by atoms with Gasteiger partial charge in [0.25, 0.3) is 5.91 Å². The zero-order valence-corrected chi connectivity index (χ0v) is 16.8. The highest BCUT2D eigenvalue weighted by Crippen LogP contribution is 2.25. The number of aryl methyl sites for hydroxylation is 1. The average molecular weight is 449 g/mol. The van der Waals surface area contributed by atoms with Crippen molar-refractivity contribution in [2.75, 3.05) is 13.2 Å². The van der Waals surface area contributed by atoms with Gasteiger partial charge in [0.1, 0.15) is 6.54 Å². The van der Waals surface area contributed by atoms with Crippen LogP contribution in [0, 0.1) is 0 Å². The van der Waals surface area contributed by atoms with Gasteiger partial charge in [-0.15, -0.1) is 0 Å². The first-order chi connectivity index (χ1) is 15.2. The number of amides is 3. The third-order valence-corrected chi connectivity index (χ3v) is 4.23. The summed E-state index contributed by atoms with van der Waals surface area (Å²) in [7, 11) is 0. The van der Waals surface area contributed by atoms with Gasteiger partial charge in [0.2, 0.25) is 0 Å². The highest BCUT2D eigenvalue weighted by atomic mass is 19.4. The molecule has 12 heteroatoms. The van der Waals surface area contributed by atoms with Crippen LogP contribution in [0.1, 0.15) is 17.3 Å². The third-order valence-electron chi connectivity index (χ3n) is 4.23. The van der Waals surface area contributed by atoms with Gasteiger partial charge in [0.05, 0.1) is 22.8 Å². The molecular formula is C20H18F3N5O4. The van der Waals surface area contributed by atoms with Crippen LogP contribution < -0.4 is 10.6 Å². The van der Waals surface area contributed by atoms with E-state index in [0.717, 1.165) is 5.56 Å². The second-order valence-corrected chi connectivity index (χ2v) is 6.54. The molecule has 32 heavy (non-hydrogen) atoms. The van der Waals surface area contributed by atoms with Gasteiger partial charge < -0.3 is 10.1 Å². The molecule has 0 radical (unpaired) electrons. The summed E-state index contributed by atoms with van der Waals surface area (Å²) >= 11 is 0. The van der Waals surface area contributed by atoms with Gasteiger partial charge in [-0.05, 0) is 13.0 Å². The molecule has 3 rings (SSSR count). The van der Waals surface area contributed by atoms with Gasteiger partial charge in [0.15, 0.2) is 12.3 Å². The largest absolute Gasteiger partial charge is 0.452 e. The average Bonchev–Trinajstić information content (AvgIpc) is 3.18. The number of aromatic nitrogens is 3. The van der Waals surface area contributed by atoms with Crippen molar-refractivity contribution in [1.82, 2.24) is 25.4 Å². The second-order valence-electron chi connectivity index (χ2n) is 6.54. The number of carbonyl (C=O) groups excluding carboxylic acids is 3. The Morgan fingerprint density at radius 1 is 1.16 bits per heavy atom. The Kier molecular flexibility index (Phi) is 6.71. The zero-order valence-electron chi connectivity index (χ0n) is 16.8. The molecule has 2 aromatic heterocycles. The fourth-order valence-corrected chi connectivity index (χ4v) is 2.80. The molecule has 9 nitrogen and oxygen atoms in total. The quantitative estimate of drug-likeness (QED) is 0.559. The van der Waals surface area contributed by atoms with Crippen LogP contribution in [-0.2, 0) is 16.1 Å². The second kappa shape index (κ2) is 9.45. The molecule has 0 unspecified atom stereocenters. The van der Waals surface area contributed by atoms with Crippen LogP contribution in [0.5, 0.6) is 0 Å². The predicted molar refractivity (Wildman–Crippen MR) is 107 cm³/mol. The molecule has 3 amide bonds. The van der Waals surface area contributed by atoms with E-state index in [1.165, 1.54) is 17.6 Å². The number of ether oxygens (including phenoxy) is 1. The monoisotopic (exact) mass is 449 g/mol. The van der Waals surface area contributed by atoms with Gasteiger partial charge in [0, 0.05) is 12.1 Å². The van der Waals surface area contributed by atoms with Crippen molar-refractivity contribution in [1.29, 1.82) is 0 Å². The molecular weight excluding hydrogens is 431 g/mol. The first-order valence-electron chi connectivity index (χ1n) is 9.41. The van der Waals surface area contributed by atoms with Crippen molar-refractivity contribution in [2.45, 2.75) is 19.6 Å². The fourth-order valence-electron chi connectivity index (χ4n) is 2.80. The number of nitrogens with one attached hydrogen (secondary N) is 2.